The zero-order valence-electron chi connectivity index (χ0n) is 23.0. The lowest BCUT2D eigenvalue weighted by Crippen LogP contribution is -2.41. The minimum absolute atomic E-state index is 0.117. The molecule has 2 aliphatic rings. The van der Waals surface area contributed by atoms with Gasteiger partial charge in [-0.1, -0.05) is 31.2 Å². The first kappa shape index (κ1) is 28.9. The minimum atomic E-state index is -3.74. The summed E-state index contributed by atoms with van der Waals surface area (Å²) in [4.78, 5) is 41.1. The van der Waals surface area contributed by atoms with Crippen molar-refractivity contribution in [1.29, 1.82) is 0 Å². The first-order chi connectivity index (χ1) is 19.7. The highest BCUT2D eigenvalue weighted by molar-refractivity contribution is 7.89. The van der Waals surface area contributed by atoms with Gasteiger partial charge in [-0.15, -0.1) is 11.3 Å². The fourth-order valence-electron chi connectivity index (χ4n) is 5.28. The molecule has 0 fully saturated rings. The fourth-order valence-corrected chi connectivity index (χ4v) is 7.98. The Hall–Kier alpha value is -3.58. The van der Waals surface area contributed by atoms with Crippen LogP contribution in [-0.4, -0.2) is 55.0 Å². The lowest BCUT2D eigenvalue weighted by molar-refractivity contribution is -0.119. The lowest BCUT2D eigenvalue weighted by Gasteiger charge is -2.28. The Balaban J connectivity index is 1.34. The topological polar surface area (TPSA) is 128 Å². The normalized spacial score (nSPS) is 15.5. The van der Waals surface area contributed by atoms with Crippen molar-refractivity contribution in [1.82, 2.24) is 20.1 Å². The van der Waals surface area contributed by atoms with Crippen LogP contribution in [0.4, 0.5) is 5.00 Å². The highest BCUT2D eigenvalue weighted by Crippen LogP contribution is 2.37. The third-order valence-electron chi connectivity index (χ3n) is 7.33. The van der Waals surface area contributed by atoms with Crippen LogP contribution in [0, 0.1) is 0 Å². The maximum absolute atomic E-state index is 13.3. The van der Waals surface area contributed by atoms with Crippen LogP contribution in [0.2, 0.25) is 0 Å². The van der Waals surface area contributed by atoms with Crippen molar-refractivity contribution in [2.24, 2.45) is 0 Å². The first-order valence-corrected chi connectivity index (χ1v) is 15.8. The van der Waals surface area contributed by atoms with Gasteiger partial charge in [0.15, 0.2) is 0 Å². The second-order valence-corrected chi connectivity index (χ2v) is 13.2. The third kappa shape index (κ3) is 6.20. The molecule has 12 heteroatoms. The molecule has 216 valence electrons. The van der Waals surface area contributed by atoms with Crippen LogP contribution in [0.25, 0.3) is 0 Å². The summed E-state index contributed by atoms with van der Waals surface area (Å²) in [7, 11) is -3.74. The molecule has 2 aromatic carbocycles. The Bertz CT molecular complexity index is 1580. The molecule has 41 heavy (non-hydrogen) atoms. The van der Waals surface area contributed by atoms with Gasteiger partial charge in [0.1, 0.15) is 5.00 Å². The zero-order chi connectivity index (χ0) is 29.1. The summed E-state index contributed by atoms with van der Waals surface area (Å²) in [5, 5.41) is 3.25. The number of thiophene rings is 1. The number of sulfonamides is 1. The standard InChI is InChI=1S/C29H33N5O5S2/c1-3-14-33-15-13-24-25(18-33)40-29(26(24)28(37)32-31-19(2)35)30-27(36)21-8-10-23(11-9-21)41(38,39)34-16-12-20-6-4-5-7-22(20)17-34/h4-11H,3,12-18H2,1-2H3,(H,30,36)(H,31,35)(H,32,37). The molecule has 0 saturated carbocycles. The number of anilines is 1. The van der Waals surface area contributed by atoms with Crippen molar-refractivity contribution in [2.75, 3.05) is 25.0 Å². The van der Waals surface area contributed by atoms with E-state index in [-0.39, 0.29) is 10.5 Å². The van der Waals surface area contributed by atoms with Crippen LogP contribution in [0.1, 0.15) is 62.6 Å². The Morgan fingerprint density at radius 3 is 2.34 bits per heavy atom. The van der Waals surface area contributed by atoms with Crippen molar-refractivity contribution in [3.05, 3.63) is 81.2 Å². The number of rotatable bonds is 7. The lowest BCUT2D eigenvalue weighted by atomic mass is 10.0. The van der Waals surface area contributed by atoms with Crippen molar-refractivity contribution in [2.45, 2.75) is 51.1 Å². The zero-order valence-corrected chi connectivity index (χ0v) is 24.7. The average Bonchev–Trinajstić information content (AvgIpc) is 3.32. The maximum Gasteiger partial charge on any atom is 0.272 e. The molecule has 0 radical (unpaired) electrons. The molecule has 3 heterocycles. The summed E-state index contributed by atoms with van der Waals surface area (Å²) in [6, 6.07) is 13.7. The van der Waals surface area contributed by atoms with Gasteiger partial charge in [-0.05, 0) is 66.8 Å². The van der Waals surface area contributed by atoms with E-state index < -0.39 is 27.7 Å². The molecule has 0 saturated heterocycles. The van der Waals surface area contributed by atoms with Crippen LogP contribution in [0.15, 0.2) is 53.4 Å². The number of carbonyl (C=O) groups is 3. The van der Waals surface area contributed by atoms with Crippen LogP contribution in [0.5, 0.6) is 0 Å². The van der Waals surface area contributed by atoms with E-state index >= 15 is 0 Å². The SMILES string of the molecule is CCCN1CCc2c(sc(NC(=O)c3ccc(S(=O)(=O)N4CCc5ccccc5C4)cc3)c2C(=O)NNC(C)=O)C1. The molecule has 3 amide bonds. The van der Waals surface area contributed by atoms with Gasteiger partial charge in [0.2, 0.25) is 15.9 Å². The number of carbonyl (C=O) groups excluding carboxylic acids is 3. The molecule has 0 spiro atoms. The van der Waals surface area contributed by atoms with Crippen LogP contribution >= 0.6 is 11.3 Å². The second-order valence-electron chi connectivity index (χ2n) is 10.2. The molecule has 3 N–H and O–H groups in total. The number of hydrazine groups is 1. The number of hydrogen-bond acceptors (Lipinski definition) is 7. The van der Waals surface area contributed by atoms with Crippen molar-refractivity contribution in [3.63, 3.8) is 0 Å². The molecular weight excluding hydrogens is 562 g/mol. The highest BCUT2D eigenvalue weighted by Gasteiger charge is 2.30. The van der Waals surface area contributed by atoms with Crippen LogP contribution in [-0.2, 0) is 40.7 Å². The van der Waals surface area contributed by atoms with Gasteiger partial charge in [-0.3, -0.25) is 30.1 Å². The largest absolute Gasteiger partial charge is 0.313 e. The molecule has 3 aromatic rings. The van der Waals surface area contributed by atoms with E-state index in [9.17, 15) is 22.8 Å². The fraction of sp³-hybridized carbons (Fsp3) is 0.345. The molecular formula is C29H33N5O5S2. The molecule has 0 bridgehead atoms. The Labute approximate surface area is 243 Å². The monoisotopic (exact) mass is 595 g/mol. The van der Waals surface area contributed by atoms with E-state index in [1.165, 1.54) is 46.8 Å². The van der Waals surface area contributed by atoms with Gasteiger partial charge in [0.25, 0.3) is 11.8 Å². The van der Waals surface area contributed by atoms with E-state index in [2.05, 4.69) is 28.0 Å². The summed E-state index contributed by atoms with van der Waals surface area (Å²) >= 11 is 1.35. The summed E-state index contributed by atoms with van der Waals surface area (Å²) in [5.74, 6) is -1.37. The molecule has 0 aliphatic carbocycles. The van der Waals surface area contributed by atoms with E-state index in [1.54, 1.807) is 0 Å². The number of amides is 3. The summed E-state index contributed by atoms with van der Waals surface area (Å²) < 4.78 is 28.1. The Morgan fingerprint density at radius 1 is 0.902 bits per heavy atom. The van der Waals surface area contributed by atoms with Gasteiger partial charge in [-0.2, -0.15) is 4.31 Å². The van der Waals surface area contributed by atoms with Crippen molar-refractivity contribution in [3.8, 4) is 0 Å². The van der Waals surface area contributed by atoms with E-state index in [0.717, 1.165) is 41.1 Å². The highest BCUT2D eigenvalue weighted by atomic mass is 32.2. The number of nitrogens with one attached hydrogen (secondary N) is 3. The number of fused-ring (bicyclic) bond motifs is 2. The van der Waals surface area contributed by atoms with E-state index in [1.807, 2.05) is 24.3 Å². The predicted molar refractivity (Wildman–Crippen MR) is 157 cm³/mol. The average molecular weight is 596 g/mol. The Kier molecular flexibility index (Phi) is 8.55. The van der Waals surface area contributed by atoms with Crippen LogP contribution in [0.3, 0.4) is 0 Å². The van der Waals surface area contributed by atoms with E-state index in [0.29, 0.717) is 43.0 Å². The Morgan fingerprint density at radius 2 is 1.63 bits per heavy atom. The summed E-state index contributed by atoms with van der Waals surface area (Å²) in [6.45, 7) is 6.52. The van der Waals surface area contributed by atoms with E-state index in [4.69, 9.17) is 0 Å². The smallest absolute Gasteiger partial charge is 0.272 e. The van der Waals surface area contributed by atoms with Gasteiger partial charge >= 0.3 is 0 Å². The minimum Gasteiger partial charge on any atom is -0.313 e. The number of nitrogens with zero attached hydrogens (tertiary/aromatic N) is 2. The summed E-state index contributed by atoms with van der Waals surface area (Å²) in [6.07, 6.45) is 2.31. The maximum atomic E-state index is 13.3. The van der Waals surface area contributed by atoms with Gasteiger partial charge < -0.3 is 5.32 Å². The second kappa shape index (κ2) is 12.1. The quantitative estimate of drug-likeness (QED) is 0.360. The van der Waals surface area contributed by atoms with Gasteiger partial charge in [0, 0.05) is 43.5 Å². The molecule has 1 aromatic heterocycles. The third-order valence-corrected chi connectivity index (χ3v) is 10.3. The van der Waals surface area contributed by atoms with Gasteiger partial charge in [-0.25, -0.2) is 8.42 Å². The predicted octanol–water partition coefficient (Wildman–Crippen LogP) is 3.30. The molecule has 5 rings (SSSR count). The molecule has 0 unspecified atom stereocenters. The number of hydrogen-bond donors (Lipinski definition) is 3. The molecule has 10 nitrogen and oxygen atoms in total. The molecule has 2 aliphatic heterocycles. The van der Waals surface area contributed by atoms with Crippen molar-refractivity contribution < 1.29 is 22.8 Å². The van der Waals surface area contributed by atoms with Crippen molar-refractivity contribution >= 4 is 44.1 Å². The van der Waals surface area contributed by atoms with Gasteiger partial charge in [0.05, 0.1) is 10.5 Å². The molecule has 0 atom stereocenters. The first-order valence-electron chi connectivity index (χ1n) is 13.6. The summed E-state index contributed by atoms with van der Waals surface area (Å²) in [5.41, 5.74) is 8.36. The van der Waals surface area contributed by atoms with Crippen LogP contribution < -0.4 is 16.2 Å². The number of benzene rings is 2.